The van der Waals surface area contributed by atoms with E-state index in [9.17, 15) is 4.79 Å². The Balaban J connectivity index is 1.79. The Kier molecular flexibility index (Phi) is 4.21. The molecule has 0 N–H and O–H groups in total. The van der Waals surface area contributed by atoms with Crippen LogP contribution in [0.2, 0.25) is 5.02 Å². The van der Waals surface area contributed by atoms with E-state index in [1.165, 1.54) is 0 Å². The van der Waals surface area contributed by atoms with Gasteiger partial charge in [0.15, 0.2) is 0 Å². The van der Waals surface area contributed by atoms with Gasteiger partial charge in [-0.1, -0.05) is 23.7 Å². The van der Waals surface area contributed by atoms with E-state index < -0.39 is 0 Å². The molecule has 116 valence electrons. The average Bonchev–Trinajstić information content (AvgIpc) is 3.25. The normalized spacial score (nSPS) is 15.6. The molecule has 1 aliphatic carbocycles. The number of amides is 1. The maximum absolute atomic E-state index is 12.9. The molecule has 1 amide bonds. The first-order valence-corrected chi connectivity index (χ1v) is 7.98. The SMILES string of the molecule is Cc1nccn1[C@H](C)C(=O)N(Cc1cccc(Cl)c1)C1CC1. The first kappa shape index (κ1) is 15.1. The molecular formula is C17H20ClN3O. The molecule has 2 aromatic rings. The van der Waals surface area contributed by atoms with Gasteiger partial charge >= 0.3 is 0 Å². The summed E-state index contributed by atoms with van der Waals surface area (Å²) in [7, 11) is 0. The van der Waals surface area contributed by atoms with E-state index in [0.717, 1.165) is 24.2 Å². The van der Waals surface area contributed by atoms with Gasteiger partial charge in [0.2, 0.25) is 5.91 Å². The van der Waals surface area contributed by atoms with Crippen molar-refractivity contribution >= 4 is 17.5 Å². The fourth-order valence-electron chi connectivity index (χ4n) is 2.76. The van der Waals surface area contributed by atoms with Gasteiger partial charge in [-0.3, -0.25) is 4.79 Å². The van der Waals surface area contributed by atoms with Gasteiger partial charge in [0.25, 0.3) is 0 Å². The quantitative estimate of drug-likeness (QED) is 0.845. The maximum atomic E-state index is 12.9. The molecule has 1 fully saturated rings. The van der Waals surface area contributed by atoms with Crippen LogP contribution in [0.3, 0.4) is 0 Å². The summed E-state index contributed by atoms with van der Waals surface area (Å²) in [5.41, 5.74) is 1.07. The van der Waals surface area contributed by atoms with Crippen molar-refractivity contribution in [3.63, 3.8) is 0 Å². The van der Waals surface area contributed by atoms with E-state index in [-0.39, 0.29) is 11.9 Å². The predicted molar refractivity (Wildman–Crippen MR) is 86.7 cm³/mol. The highest BCUT2D eigenvalue weighted by Crippen LogP contribution is 2.31. The molecule has 0 spiro atoms. The standard InChI is InChI=1S/C17H20ClN3O/c1-12(20-9-8-19-13(20)2)17(22)21(16-6-7-16)11-14-4-3-5-15(18)10-14/h3-5,8-10,12,16H,6-7,11H2,1-2H3/t12-/m1/s1. The van der Waals surface area contributed by atoms with Crippen LogP contribution in [-0.2, 0) is 11.3 Å². The van der Waals surface area contributed by atoms with Crippen molar-refractivity contribution in [3.05, 3.63) is 53.1 Å². The molecule has 1 aliphatic rings. The first-order valence-electron chi connectivity index (χ1n) is 7.60. The van der Waals surface area contributed by atoms with Crippen molar-refractivity contribution in [3.8, 4) is 0 Å². The number of hydrogen-bond acceptors (Lipinski definition) is 2. The third kappa shape index (κ3) is 3.17. The summed E-state index contributed by atoms with van der Waals surface area (Å²) in [6.45, 7) is 4.47. The highest BCUT2D eigenvalue weighted by atomic mass is 35.5. The lowest BCUT2D eigenvalue weighted by Gasteiger charge is -2.27. The summed E-state index contributed by atoms with van der Waals surface area (Å²) < 4.78 is 1.93. The van der Waals surface area contributed by atoms with Crippen LogP contribution < -0.4 is 0 Å². The van der Waals surface area contributed by atoms with Crippen molar-refractivity contribution in [2.24, 2.45) is 0 Å². The smallest absolute Gasteiger partial charge is 0.245 e. The summed E-state index contributed by atoms with van der Waals surface area (Å²) in [5.74, 6) is 1.00. The fourth-order valence-corrected chi connectivity index (χ4v) is 2.97. The molecule has 4 nitrogen and oxygen atoms in total. The minimum atomic E-state index is -0.234. The summed E-state index contributed by atoms with van der Waals surface area (Å²) in [6, 6.07) is 7.85. The van der Waals surface area contributed by atoms with Crippen molar-refractivity contribution in [2.75, 3.05) is 0 Å². The summed E-state index contributed by atoms with van der Waals surface area (Å²) >= 11 is 6.05. The fraction of sp³-hybridized carbons (Fsp3) is 0.412. The third-order valence-corrected chi connectivity index (χ3v) is 4.38. The molecule has 0 unspecified atom stereocenters. The van der Waals surface area contributed by atoms with Gasteiger partial charge in [0.1, 0.15) is 11.9 Å². The second-order valence-electron chi connectivity index (χ2n) is 5.88. The van der Waals surface area contributed by atoms with E-state index in [0.29, 0.717) is 17.6 Å². The van der Waals surface area contributed by atoms with Gasteiger partial charge in [-0.25, -0.2) is 4.98 Å². The lowest BCUT2D eigenvalue weighted by Crippen LogP contribution is -2.37. The van der Waals surface area contributed by atoms with Crippen molar-refractivity contribution in [2.45, 2.75) is 45.3 Å². The van der Waals surface area contributed by atoms with E-state index in [1.807, 2.05) is 53.8 Å². The number of carbonyl (C=O) groups is 1. The van der Waals surface area contributed by atoms with Crippen LogP contribution in [0.15, 0.2) is 36.7 Å². The minimum Gasteiger partial charge on any atom is -0.334 e. The molecule has 1 atom stereocenters. The molecule has 1 aromatic heterocycles. The molecule has 5 heteroatoms. The van der Waals surface area contributed by atoms with Crippen molar-refractivity contribution in [1.82, 2.24) is 14.5 Å². The predicted octanol–water partition coefficient (Wildman–Crippen LogP) is 3.60. The summed E-state index contributed by atoms with van der Waals surface area (Å²) in [6.07, 6.45) is 5.77. The Bertz CT molecular complexity index is 678. The monoisotopic (exact) mass is 317 g/mol. The van der Waals surface area contributed by atoms with Crippen LogP contribution in [0.4, 0.5) is 0 Å². The van der Waals surface area contributed by atoms with Crippen LogP contribution >= 0.6 is 11.6 Å². The molecule has 3 rings (SSSR count). The number of hydrogen-bond donors (Lipinski definition) is 0. The second kappa shape index (κ2) is 6.13. The van der Waals surface area contributed by atoms with Crippen LogP contribution in [0, 0.1) is 6.92 Å². The van der Waals surface area contributed by atoms with E-state index >= 15 is 0 Å². The van der Waals surface area contributed by atoms with Gasteiger partial charge in [-0.15, -0.1) is 0 Å². The topological polar surface area (TPSA) is 38.1 Å². The average molecular weight is 318 g/mol. The number of carbonyl (C=O) groups excluding carboxylic acids is 1. The van der Waals surface area contributed by atoms with Gasteiger partial charge in [-0.05, 0) is 44.4 Å². The van der Waals surface area contributed by atoms with E-state index in [4.69, 9.17) is 11.6 Å². The highest BCUT2D eigenvalue weighted by molar-refractivity contribution is 6.30. The second-order valence-corrected chi connectivity index (χ2v) is 6.32. The maximum Gasteiger partial charge on any atom is 0.245 e. The van der Waals surface area contributed by atoms with Crippen LogP contribution in [0.1, 0.15) is 37.2 Å². The Morgan fingerprint density at radius 1 is 1.50 bits per heavy atom. The number of benzene rings is 1. The van der Waals surface area contributed by atoms with Gasteiger partial charge in [0.05, 0.1) is 0 Å². The molecule has 1 saturated carbocycles. The van der Waals surface area contributed by atoms with Crippen LogP contribution in [-0.4, -0.2) is 26.4 Å². The van der Waals surface area contributed by atoms with Gasteiger partial charge < -0.3 is 9.47 Å². The van der Waals surface area contributed by atoms with Gasteiger partial charge in [0, 0.05) is 30.0 Å². The number of aryl methyl sites for hydroxylation is 1. The molecule has 1 aromatic carbocycles. The summed E-state index contributed by atoms with van der Waals surface area (Å²) in [4.78, 5) is 19.1. The largest absolute Gasteiger partial charge is 0.334 e. The first-order chi connectivity index (χ1) is 10.6. The van der Waals surface area contributed by atoms with E-state index in [1.54, 1.807) is 6.20 Å². The zero-order valence-corrected chi connectivity index (χ0v) is 13.6. The molecule has 0 saturated heterocycles. The molecule has 0 bridgehead atoms. The van der Waals surface area contributed by atoms with Gasteiger partial charge in [-0.2, -0.15) is 0 Å². The molecular weight excluding hydrogens is 298 g/mol. The van der Waals surface area contributed by atoms with Crippen molar-refractivity contribution < 1.29 is 4.79 Å². The Labute approximate surface area is 135 Å². The van der Waals surface area contributed by atoms with Crippen LogP contribution in [0.25, 0.3) is 0 Å². The third-order valence-electron chi connectivity index (χ3n) is 4.15. The van der Waals surface area contributed by atoms with Crippen LogP contribution in [0.5, 0.6) is 0 Å². The zero-order valence-electron chi connectivity index (χ0n) is 12.9. The molecule has 22 heavy (non-hydrogen) atoms. The lowest BCUT2D eigenvalue weighted by molar-refractivity contribution is -0.135. The molecule has 0 radical (unpaired) electrons. The Morgan fingerprint density at radius 3 is 2.86 bits per heavy atom. The molecule has 1 heterocycles. The highest BCUT2D eigenvalue weighted by Gasteiger charge is 2.35. The summed E-state index contributed by atoms with van der Waals surface area (Å²) in [5, 5.41) is 0.708. The zero-order chi connectivity index (χ0) is 15.7. The Hall–Kier alpha value is -1.81. The minimum absolute atomic E-state index is 0.142. The number of aromatic nitrogens is 2. The number of imidazole rings is 1. The Morgan fingerprint density at radius 2 is 2.27 bits per heavy atom. The molecule has 0 aliphatic heterocycles. The number of nitrogens with zero attached hydrogens (tertiary/aromatic N) is 3. The lowest BCUT2D eigenvalue weighted by atomic mass is 10.2. The van der Waals surface area contributed by atoms with Crippen molar-refractivity contribution in [1.29, 1.82) is 0 Å². The van der Waals surface area contributed by atoms with E-state index in [2.05, 4.69) is 4.98 Å². The number of rotatable bonds is 5. The number of halogens is 1.